The summed E-state index contributed by atoms with van der Waals surface area (Å²) in [6.07, 6.45) is 3.91. The van der Waals surface area contributed by atoms with Crippen LogP contribution in [0.2, 0.25) is 5.02 Å². The number of fused-ring (bicyclic) bond motifs is 1. The van der Waals surface area contributed by atoms with Crippen molar-refractivity contribution in [2.45, 2.75) is 42.8 Å². The van der Waals surface area contributed by atoms with Gasteiger partial charge in [0.25, 0.3) is 0 Å². The van der Waals surface area contributed by atoms with Gasteiger partial charge in [0.05, 0.1) is 11.8 Å². The highest BCUT2D eigenvalue weighted by atomic mass is 35.5. The molecule has 1 amide bonds. The van der Waals surface area contributed by atoms with E-state index in [1.54, 1.807) is 6.07 Å². The van der Waals surface area contributed by atoms with E-state index in [0.29, 0.717) is 29.9 Å². The molecule has 3 heterocycles. The van der Waals surface area contributed by atoms with Crippen molar-refractivity contribution in [2.24, 2.45) is 0 Å². The molecule has 0 N–H and O–H groups in total. The quantitative estimate of drug-likeness (QED) is 0.587. The van der Waals surface area contributed by atoms with E-state index in [4.69, 9.17) is 16.0 Å². The van der Waals surface area contributed by atoms with Crippen LogP contribution in [0.25, 0.3) is 11.1 Å². The zero-order chi connectivity index (χ0) is 19.1. The van der Waals surface area contributed by atoms with E-state index in [1.165, 1.54) is 11.8 Å². The SMILES string of the molecule is O=C(CSc1nnnn1C1CC1)N1CCC(c2nc3cc(Cl)ccc3o2)CC1. The average Bonchev–Trinajstić information content (AvgIpc) is 3.29. The maximum Gasteiger partial charge on any atom is 0.233 e. The minimum Gasteiger partial charge on any atom is -0.440 e. The monoisotopic (exact) mass is 418 g/mol. The van der Waals surface area contributed by atoms with E-state index in [-0.39, 0.29) is 11.8 Å². The van der Waals surface area contributed by atoms with Crippen LogP contribution in [-0.4, -0.2) is 54.8 Å². The van der Waals surface area contributed by atoms with Gasteiger partial charge < -0.3 is 9.32 Å². The van der Waals surface area contributed by atoms with Gasteiger partial charge in [-0.05, 0) is 54.3 Å². The number of tetrazole rings is 1. The molecule has 1 saturated heterocycles. The van der Waals surface area contributed by atoms with Crippen molar-refractivity contribution in [3.63, 3.8) is 0 Å². The van der Waals surface area contributed by atoms with Crippen molar-refractivity contribution in [3.8, 4) is 0 Å². The summed E-state index contributed by atoms with van der Waals surface area (Å²) in [5.41, 5.74) is 1.54. The molecular weight excluding hydrogens is 400 g/mol. The Morgan fingerprint density at radius 3 is 2.86 bits per heavy atom. The number of likely N-dealkylation sites (tertiary alicyclic amines) is 1. The number of halogens is 1. The second kappa shape index (κ2) is 7.36. The molecule has 1 saturated carbocycles. The smallest absolute Gasteiger partial charge is 0.233 e. The lowest BCUT2D eigenvalue weighted by atomic mass is 9.97. The number of carbonyl (C=O) groups excluding carboxylic acids is 1. The maximum absolute atomic E-state index is 12.6. The zero-order valence-electron chi connectivity index (χ0n) is 15.1. The fraction of sp³-hybridized carbons (Fsp3) is 0.500. The minimum absolute atomic E-state index is 0.123. The number of piperidine rings is 1. The molecule has 10 heteroatoms. The summed E-state index contributed by atoms with van der Waals surface area (Å²) in [6.45, 7) is 1.41. The Hall–Kier alpha value is -2.13. The lowest BCUT2D eigenvalue weighted by molar-refractivity contribution is -0.129. The number of rotatable bonds is 5. The number of nitrogens with zero attached hydrogens (tertiary/aromatic N) is 6. The van der Waals surface area contributed by atoms with Gasteiger partial charge in [-0.25, -0.2) is 9.67 Å². The predicted molar refractivity (Wildman–Crippen MR) is 104 cm³/mol. The first kappa shape index (κ1) is 17.9. The third-order valence-electron chi connectivity index (χ3n) is 5.24. The van der Waals surface area contributed by atoms with Crippen molar-refractivity contribution in [3.05, 3.63) is 29.1 Å². The molecule has 1 aromatic carbocycles. The van der Waals surface area contributed by atoms with Gasteiger partial charge in [0.15, 0.2) is 11.5 Å². The van der Waals surface area contributed by atoms with Crippen molar-refractivity contribution in [1.82, 2.24) is 30.1 Å². The van der Waals surface area contributed by atoms with E-state index < -0.39 is 0 Å². The Bertz CT molecular complexity index is 1010. The molecule has 2 aromatic heterocycles. The first-order valence-electron chi connectivity index (χ1n) is 9.42. The Labute approximate surface area is 170 Å². The molecule has 8 nitrogen and oxygen atoms in total. The fourth-order valence-electron chi connectivity index (χ4n) is 3.52. The summed E-state index contributed by atoms with van der Waals surface area (Å²) in [5, 5.41) is 13.2. The first-order chi connectivity index (χ1) is 13.7. The number of benzene rings is 1. The number of oxazole rings is 1. The van der Waals surface area contributed by atoms with Crippen LogP contribution in [0.4, 0.5) is 0 Å². The van der Waals surface area contributed by atoms with Gasteiger partial charge >= 0.3 is 0 Å². The van der Waals surface area contributed by atoms with Crippen LogP contribution in [0.3, 0.4) is 0 Å². The second-order valence-electron chi connectivity index (χ2n) is 7.25. The van der Waals surface area contributed by atoms with Crippen molar-refractivity contribution < 1.29 is 9.21 Å². The Kier molecular flexibility index (Phi) is 4.72. The highest BCUT2D eigenvalue weighted by molar-refractivity contribution is 7.99. The van der Waals surface area contributed by atoms with Gasteiger partial charge in [-0.15, -0.1) is 5.10 Å². The molecule has 1 aliphatic carbocycles. The Morgan fingerprint density at radius 2 is 2.07 bits per heavy atom. The fourth-order valence-corrected chi connectivity index (χ4v) is 4.53. The van der Waals surface area contributed by atoms with Gasteiger partial charge in [0, 0.05) is 24.0 Å². The summed E-state index contributed by atoms with van der Waals surface area (Å²) >= 11 is 7.44. The second-order valence-corrected chi connectivity index (χ2v) is 8.62. The topological polar surface area (TPSA) is 89.9 Å². The normalized spacial score (nSPS) is 18.1. The highest BCUT2D eigenvalue weighted by Crippen LogP contribution is 2.36. The molecule has 3 aromatic rings. The van der Waals surface area contributed by atoms with Crippen LogP contribution in [-0.2, 0) is 4.79 Å². The average molecular weight is 419 g/mol. The van der Waals surface area contributed by atoms with Crippen LogP contribution in [0.15, 0.2) is 27.8 Å². The molecule has 0 atom stereocenters. The number of hydrogen-bond donors (Lipinski definition) is 0. The summed E-state index contributed by atoms with van der Waals surface area (Å²) in [5.74, 6) is 1.45. The van der Waals surface area contributed by atoms with Gasteiger partial charge in [-0.1, -0.05) is 23.4 Å². The molecule has 28 heavy (non-hydrogen) atoms. The molecule has 0 bridgehead atoms. The van der Waals surface area contributed by atoms with Gasteiger partial charge in [0.2, 0.25) is 11.1 Å². The molecule has 1 aliphatic heterocycles. The largest absolute Gasteiger partial charge is 0.440 e. The predicted octanol–water partition coefficient (Wildman–Crippen LogP) is 3.30. The van der Waals surface area contributed by atoms with Crippen LogP contribution in [0, 0.1) is 0 Å². The molecule has 146 valence electrons. The summed E-state index contributed by atoms with van der Waals surface area (Å²) in [7, 11) is 0. The number of hydrogen-bond acceptors (Lipinski definition) is 7. The Morgan fingerprint density at radius 1 is 1.25 bits per heavy atom. The summed E-state index contributed by atoms with van der Waals surface area (Å²) < 4.78 is 7.73. The van der Waals surface area contributed by atoms with Crippen LogP contribution in [0.5, 0.6) is 0 Å². The summed E-state index contributed by atoms with van der Waals surface area (Å²) in [4.78, 5) is 19.1. The third kappa shape index (κ3) is 3.60. The lowest BCUT2D eigenvalue weighted by Gasteiger charge is -2.30. The van der Waals surface area contributed by atoms with E-state index in [1.807, 2.05) is 21.7 Å². The van der Waals surface area contributed by atoms with Gasteiger partial charge in [0.1, 0.15) is 5.52 Å². The van der Waals surface area contributed by atoms with Crippen LogP contribution < -0.4 is 0 Å². The lowest BCUT2D eigenvalue weighted by Crippen LogP contribution is -2.39. The maximum atomic E-state index is 12.6. The van der Waals surface area contributed by atoms with Crippen LogP contribution in [0.1, 0.15) is 43.5 Å². The number of aromatic nitrogens is 5. The van der Waals surface area contributed by atoms with Crippen LogP contribution >= 0.6 is 23.4 Å². The van der Waals surface area contributed by atoms with Gasteiger partial charge in [-0.2, -0.15) is 0 Å². The number of amides is 1. The molecule has 0 radical (unpaired) electrons. The molecule has 5 rings (SSSR count). The number of thioether (sulfide) groups is 1. The molecule has 0 unspecified atom stereocenters. The first-order valence-corrected chi connectivity index (χ1v) is 10.8. The van der Waals surface area contributed by atoms with Crippen molar-refractivity contribution in [1.29, 1.82) is 0 Å². The highest BCUT2D eigenvalue weighted by Gasteiger charge is 2.30. The standard InChI is InChI=1S/C18H19ClN6O2S/c19-12-1-4-15-14(9-12)20-17(27-15)11-5-7-24(8-6-11)16(26)10-28-18-21-22-23-25(18)13-2-3-13/h1,4,9,11,13H,2-3,5-8,10H2. The van der Waals surface area contributed by atoms with Crippen molar-refractivity contribution in [2.75, 3.05) is 18.8 Å². The molecule has 2 fully saturated rings. The van der Waals surface area contributed by atoms with E-state index in [0.717, 1.165) is 47.8 Å². The number of carbonyl (C=O) groups is 1. The minimum atomic E-state index is 0.123. The molecule has 2 aliphatic rings. The van der Waals surface area contributed by atoms with Crippen molar-refractivity contribution >= 4 is 40.4 Å². The zero-order valence-corrected chi connectivity index (χ0v) is 16.7. The van der Waals surface area contributed by atoms with Gasteiger partial charge in [-0.3, -0.25) is 4.79 Å². The van der Waals surface area contributed by atoms with E-state index >= 15 is 0 Å². The molecule has 0 spiro atoms. The third-order valence-corrected chi connectivity index (χ3v) is 6.40. The molecular formula is C18H19ClN6O2S. The van der Waals surface area contributed by atoms with E-state index in [9.17, 15) is 4.79 Å². The summed E-state index contributed by atoms with van der Waals surface area (Å²) in [6, 6.07) is 5.88. The Balaban J connectivity index is 1.17. The van der Waals surface area contributed by atoms with E-state index in [2.05, 4.69) is 20.5 Å².